The summed E-state index contributed by atoms with van der Waals surface area (Å²) in [5.74, 6) is 0.232. The molecule has 0 saturated heterocycles. The van der Waals surface area contributed by atoms with Gasteiger partial charge in [-0.25, -0.2) is 4.98 Å². The van der Waals surface area contributed by atoms with Crippen molar-refractivity contribution in [2.45, 2.75) is 6.92 Å². The van der Waals surface area contributed by atoms with E-state index in [1.165, 1.54) is 0 Å². The number of hydrogen-bond donors (Lipinski definition) is 2. The molecule has 18 heavy (non-hydrogen) atoms. The van der Waals surface area contributed by atoms with Gasteiger partial charge in [0.1, 0.15) is 5.82 Å². The zero-order chi connectivity index (χ0) is 13.1. The van der Waals surface area contributed by atoms with E-state index in [2.05, 4.69) is 26.2 Å². The fourth-order valence-corrected chi connectivity index (χ4v) is 1.75. The molecule has 0 spiro atoms. The number of nitrogens with zero attached hydrogens (tertiary/aromatic N) is 1. The summed E-state index contributed by atoms with van der Waals surface area (Å²) in [6, 6.07) is 8.88. The van der Waals surface area contributed by atoms with Crippen LogP contribution in [0, 0.1) is 6.92 Å². The maximum Gasteiger partial charge on any atom is 0.258 e. The van der Waals surface area contributed by atoms with Gasteiger partial charge in [-0.3, -0.25) is 4.79 Å². The number of nitrogens with one attached hydrogen (secondary N) is 1. The van der Waals surface area contributed by atoms with Gasteiger partial charge in [-0.05, 0) is 46.6 Å². The van der Waals surface area contributed by atoms with Crippen LogP contribution in [0.15, 0.2) is 41.0 Å². The minimum atomic E-state index is -0.258. The largest absolute Gasteiger partial charge is 0.398 e. The van der Waals surface area contributed by atoms with Crippen molar-refractivity contribution in [2.24, 2.45) is 0 Å². The molecule has 1 heterocycles. The van der Waals surface area contributed by atoms with Crippen LogP contribution >= 0.6 is 15.9 Å². The molecule has 0 saturated carbocycles. The number of carbonyl (C=O) groups excluding carboxylic acids is 1. The van der Waals surface area contributed by atoms with E-state index in [9.17, 15) is 4.79 Å². The van der Waals surface area contributed by atoms with Crippen molar-refractivity contribution in [3.05, 3.63) is 52.1 Å². The molecule has 92 valence electrons. The molecule has 2 rings (SSSR count). The standard InChI is InChI=1S/C13H12BrN3O/c1-8-3-2-4-10(12(8)15)13(18)17-11-6-5-9(14)7-16-11/h2-7H,15H2,1H3,(H,16,17,18). The highest BCUT2D eigenvalue weighted by Gasteiger charge is 2.11. The Balaban J connectivity index is 2.22. The van der Waals surface area contributed by atoms with E-state index >= 15 is 0 Å². The van der Waals surface area contributed by atoms with E-state index in [-0.39, 0.29) is 5.91 Å². The number of para-hydroxylation sites is 1. The number of anilines is 2. The Bertz CT molecular complexity index is 581. The van der Waals surface area contributed by atoms with Crippen LogP contribution in [0.4, 0.5) is 11.5 Å². The molecule has 0 bridgehead atoms. The van der Waals surface area contributed by atoms with Crippen LogP contribution in [0.3, 0.4) is 0 Å². The lowest BCUT2D eigenvalue weighted by atomic mass is 10.1. The molecule has 2 aromatic rings. The molecule has 0 radical (unpaired) electrons. The summed E-state index contributed by atoms with van der Waals surface area (Å²) in [6.07, 6.45) is 1.62. The number of carbonyl (C=O) groups is 1. The molecule has 0 unspecified atom stereocenters. The fourth-order valence-electron chi connectivity index (χ4n) is 1.51. The first-order chi connectivity index (χ1) is 8.58. The zero-order valence-electron chi connectivity index (χ0n) is 9.77. The predicted octanol–water partition coefficient (Wildman–Crippen LogP) is 2.99. The van der Waals surface area contributed by atoms with Crippen LogP contribution in [-0.2, 0) is 0 Å². The minimum Gasteiger partial charge on any atom is -0.398 e. The third-order valence-electron chi connectivity index (χ3n) is 2.54. The van der Waals surface area contributed by atoms with Gasteiger partial charge < -0.3 is 11.1 Å². The number of nitrogen functional groups attached to an aromatic ring is 1. The Morgan fingerprint density at radius 1 is 1.33 bits per heavy atom. The van der Waals surface area contributed by atoms with Crippen molar-refractivity contribution in [2.75, 3.05) is 11.1 Å². The van der Waals surface area contributed by atoms with Gasteiger partial charge in [0.05, 0.1) is 5.56 Å². The summed E-state index contributed by atoms with van der Waals surface area (Å²) >= 11 is 3.28. The van der Waals surface area contributed by atoms with Gasteiger partial charge in [0.2, 0.25) is 0 Å². The van der Waals surface area contributed by atoms with Gasteiger partial charge in [-0.2, -0.15) is 0 Å². The minimum absolute atomic E-state index is 0.258. The highest BCUT2D eigenvalue weighted by atomic mass is 79.9. The van der Waals surface area contributed by atoms with Gasteiger partial charge >= 0.3 is 0 Å². The highest BCUT2D eigenvalue weighted by Crippen LogP contribution is 2.18. The third-order valence-corrected chi connectivity index (χ3v) is 3.01. The predicted molar refractivity (Wildman–Crippen MR) is 75.5 cm³/mol. The van der Waals surface area contributed by atoms with Crippen molar-refractivity contribution in [1.82, 2.24) is 4.98 Å². The number of pyridine rings is 1. The number of aromatic nitrogens is 1. The van der Waals surface area contributed by atoms with E-state index < -0.39 is 0 Å². The van der Waals surface area contributed by atoms with Gasteiger partial charge in [-0.1, -0.05) is 12.1 Å². The van der Waals surface area contributed by atoms with Crippen molar-refractivity contribution >= 4 is 33.3 Å². The summed E-state index contributed by atoms with van der Waals surface area (Å²) in [6.45, 7) is 1.87. The Kier molecular flexibility index (Phi) is 3.62. The normalized spacial score (nSPS) is 10.1. The van der Waals surface area contributed by atoms with Gasteiger partial charge in [0, 0.05) is 16.4 Å². The van der Waals surface area contributed by atoms with E-state index in [4.69, 9.17) is 5.73 Å². The Morgan fingerprint density at radius 2 is 2.11 bits per heavy atom. The Morgan fingerprint density at radius 3 is 2.78 bits per heavy atom. The summed E-state index contributed by atoms with van der Waals surface area (Å²) in [4.78, 5) is 16.1. The lowest BCUT2D eigenvalue weighted by Gasteiger charge is -2.08. The van der Waals surface area contributed by atoms with Crippen molar-refractivity contribution < 1.29 is 4.79 Å². The first-order valence-electron chi connectivity index (χ1n) is 5.36. The van der Waals surface area contributed by atoms with Crippen molar-refractivity contribution in [1.29, 1.82) is 0 Å². The lowest BCUT2D eigenvalue weighted by Crippen LogP contribution is -2.15. The molecule has 0 aliphatic carbocycles. The first kappa shape index (κ1) is 12.6. The average molecular weight is 306 g/mol. The van der Waals surface area contributed by atoms with Crippen LogP contribution in [-0.4, -0.2) is 10.9 Å². The van der Waals surface area contributed by atoms with Crippen LogP contribution in [0.5, 0.6) is 0 Å². The number of rotatable bonds is 2. The monoisotopic (exact) mass is 305 g/mol. The maximum absolute atomic E-state index is 12.0. The van der Waals surface area contributed by atoms with Gasteiger partial charge in [0.15, 0.2) is 0 Å². The highest BCUT2D eigenvalue weighted by molar-refractivity contribution is 9.10. The number of hydrogen-bond acceptors (Lipinski definition) is 3. The number of halogens is 1. The molecule has 0 atom stereocenters. The number of amides is 1. The number of nitrogens with two attached hydrogens (primary N) is 1. The molecule has 0 fully saturated rings. The molecule has 1 amide bonds. The quantitative estimate of drug-likeness (QED) is 0.838. The second-order valence-corrected chi connectivity index (χ2v) is 4.77. The van der Waals surface area contributed by atoms with Crippen LogP contribution in [0.1, 0.15) is 15.9 Å². The first-order valence-corrected chi connectivity index (χ1v) is 6.15. The number of benzene rings is 1. The molecule has 4 nitrogen and oxygen atoms in total. The second kappa shape index (κ2) is 5.18. The van der Waals surface area contributed by atoms with Gasteiger partial charge in [-0.15, -0.1) is 0 Å². The summed E-state index contributed by atoms with van der Waals surface area (Å²) < 4.78 is 0.857. The van der Waals surface area contributed by atoms with E-state index in [0.717, 1.165) is 10.0 Å². The van der Waals surface area contributed by atoms with Gasteiger partial charge in [0.25, 0.3) is 5.91 Å². The second-order valence-electron chi connectivity index (χ2n) is 3.85. The fraction of sp³-hybridized carbons (Fsp3) is 0.0769. The van der Waals surface area contributed by atoms with Crippen LogP contribution in [0.2, 0.25) is 0 Å². The molecule has 0 aliphatic rings. The molecule has 1 aromatic carbocycles. The third kappa shape index (κ3) is 2.68. The Hall–Kier alpha value is -1.88. The topological polar surface area (TPSA) is 68.0 Å². The van der Waals surface area contributed by atoms with Crippen LogP contribution < -0.4 is 11.1 Å². The SMILES string of the molecule is Cc1cccc(C(=O)Nc2ccc(Br)cn2)c1N. The molecular weight excluding hydrogens is 294 g/mol. The van der Waals surface area contributed by atoms with E-state index in [1.54, 1.807) is 24.4 Å². The molecule has 5 heteroatoms. The summed E-state index contributed by atoms with van der Waals surface area (Å²) in [5, 5.41) is 2.70. The summed E-state index contributed by atoms with van der Waals surface area (Å²) in [5.41, 5.74) is 7.70. The lowest BCUT2D eigenvalue weighted by molar-refractivity contribution is 0.102. The van der Waals surface area contributed by atoms with Crippen molar-refractivity contribution in [3.63, 3.8) is 0 Å². The van der Waals surface area contributed by atoms with Crippen LogP contribution in [0.25, 0.3) is 0 Å². The maximum atomic E-state index is 12.0. The van der Waals surface area contributed by atoms with E-state index in [1.807, 2.05) is 19.1 Å². The Labute approximate surface area is 113 Å². The number of aryl methyl sites for hydroxylation is 1. The molecular formula is C13H12BrN3O. The van der Waals surface area contributed by atoms with E-state index in [0.29, 0.717) is 17.1 Å². The average Bonchev–Trinajstić information content (AvgIpc) is 2.35. The molecule has 1 aromatic heterocycles. The summed E-state index contributed by atoms with van der Waals surface area (Å²) in [7, 11) is 0. The molecule has 3 N–H and O–H groups in total. The zero-order valence-corrected chi connectivity index (χ0v) is 11.4. The molecule has 0 aliphatic heterocycles. The smallest absolute Gasteiger partial charge is 0.258 e. The van der Waals surface area contributed by atoms with Crippen molar-refractivity contribution in [3.8, 4) is 0 Å².